The zero-order chi connectivity index (χ0) is 18.4. The molecule has 0 saturated carbocycles. The summed E-state index contributed by atoms with van der Waals surface area (Å²) in [6.07, 6.45) is 5.46. The van der Waals surface area contributed by atoms with E-state index in [0.29, 0.717) is 43.5 Å². The van der Waals surface area contributed by atoms with Gasteiger partial charge in [0.15, 0.2) is 0 Å². The largest absolute Gasteiger partial charge is 0.392 e. The van der Waals surface area contributed by atoms with Crippen LogP contribution in [0.4, 0.5) is 11.8 Å². The Labute approximate surface area is 152 Å². The van der Waals surface area contributed by atoms with Crippen LogP contribution >= 0.6 is 0 Å². The lowest BCUT2D eigenvalue weighted by molar-refractivity contribution is 0.0766. The van der Waals surface area contributed by atoms with Crippen molar-refractivity contribution in [1.82, 2.24) is 19.9 Å². The van der Waals surface area contributed by atoms with E-state index in [-0.39, 0.29) is 5.91 Å². The number of aliphatic hydroxyl groups excluding tert-OH is 1. The molecule has 8 heteroatoms. The predicted molar refractivity (Wildman–Crippen MR) is 99.2 cm³/mol. The number of hydrogen-bond donors (Lipinski definition) is 2. The summed E-state index contributed by atoms with van der Waals surface area (Å²) in [4.78, 5) is 29.5. The first-order valence-corrected chi connectivity index (χ1v) is 8.83. The van der Waals surface area contributed by atoms with Crippen LogP contribution in [0.2, 0.25) is 0 Å². The highest BCUT2D eigenvalue weighted by molar-refractivity contribution is 5.94. The van der Waals surface area contributed by atoms with E-state index >= 15 is 0 Å². The maximum atomic E-state index is 12.7. The average molecular weight is 356 g/mol. The van der Waals surface area contributed by atoms with E-state index in [9.17, 15) is 9.90 Å². The molecule has 0 radical (unpaired) electrons. The van der Waals surface area contributed by atoms with Crippen molar-refractivity contribution >= 4 is 17.7 Å². The lowest BCUT2D eigenvalue weighted by atomic mass is 10.2. The molecule has 2 aromatic rings. The SMILES string of the molecule is C[C@@H](O)CNc1ccc(C(=O)N2CCCN(c3ncccn3)CC2)cn1. The normalized spacial score (nSPS) is 16.1. The molecule has 138 valence electrons. The molecule has 1 aliphatic rings. The van der Waals surface area contributed by atoms with Gasteiger partial charge in [0.25, 0.3) is 5.91 Å². The van der Waals surface area contributed by atoms with Gasteiger partial charge in [-0.2, -0.15) is 0 Å². The first kappa shape index (κ1) is 18.1. The first-order valence-electron chi connectivity index (χ1n) is 8.83. The quantitative estimate of drug-likeness (QED) is 0.826. The number of hydrogen-bond acceptors (Lipinski definition) is 7. The Hall–Kier alpha value is -2.74. The third-order valence-corrected chi connectivity index (χ3v) is 4.21. The molecule has 1 amide bonds. The summed E-state index contributed by atoms with van der Waals surface area (Å²) in [6.45, 7) is 4.98. The Bertz CT molecular complexity index is 707. The Morgan fingerprint density at radius 2 is 2.00 bits per heavy atom. The molecular weight excluding hydrogens is 332 g/mol. The van der Waals surface area contributed by atoms with E-state index in [1.54, 1.807) is 43.7 Å². The van der Waals surface area contributed by atoms with Crippen molar-refractivity contribution in [2.45, 2.75) is 19.4 Å². The summed E-state index contributed by atoms with van der Waals surface area (Å²) in [5, 5.41) is 12.3. The second-order valence-corrected chi connectivity index (χ2v) is 6.34. The maximum Gasteiger partial charge on any atom is 0.255 e. The van der Waals surface area contributed by atoms with Crippen molar-refractivity contribution in [3.05, 3.63) is 42.4 Å². The van der Waals surface area contributed by atoms with Crippen molar-refractivity contribution in [1.29, 1.82) is 0 Å². The molecule has 3 heterocycles. The van der Waals surface area contributed by atoms with Gasteiger partial charge in [-0.05, 0) is 31.5 Å². The molecule has 3 rings (SSSR count). The van der Waals surface area contributed by atoms with E-state index in [4.69, 9.17) is 0 Å². The van der Waals surface area contributed by atoms with Crippen LogP contribution in [-0.2, 0) is 0 Å². The van der Waals surface area contributed by atoms with Crippen molar-refractivity contribution < 1.29 is 9.90 Å². The third-order valence-electron chi connectivity index (χ3n) is 4.21. The zero-order valence-electron chi connectivity index (χ0n) is 14.9. The number of amides is 1. The van der Waals surface area contributed by atoms with Crippen molar-refractivity contribution in [3.8, 4) is 0 Å². The molecule has 1 saturated heterocycles. The number of aromatic nitrogens is 3. The highest BCUT2D eigenvalue weighted by Crippen LogP contribution is 2.13. The molecule has 0 aliphatic carbocycles. The molecule has 26 heavy (non-hydrogen) atoms. The molecule has 1 atom stereocenters. The fourth-order valence-electron chi connectivity index (χ4n) is 2.83. The van der Waals surface area contributed by atoms with Gasteiger partial charge in [0.1, 0.15) is 5.82 Å². The third kappa shape index (κ3) is 4.66. The smallest absolute Gasteiger partial charge is 0.255 e. The summed E-state index contributed by atoms with van der Waals surface area (Å²) < 4.78 is 0. The molecule has 0 spiro atoms. The van der Waals surface area contributed by atoms with Gasteiger partial charge in [-0.3, -0.25) is 4.79 Å². The van der Waals surface area contributed by atoms with Crippen LogP contribution in [0.1, 0.15) is 23.7 Å². The van der Waals surface area contributed by atoms with E-state index in [0.717, 1.165) is 13.0 Å². The van der Waals surface area contributed by atoms with Gasteiger partial charge < -0.3 is 20.2 Å². The number of aliphatic hydroxyl groups is 1. The molecule has 0 aromatic carbocycles. The fourth-order valence-corrected chi connectivity index (χ4v) is 2.83. The first-order chi connectivity index (χ1) is 12.6. The van der Waals surface area contributed by atoms with Gasteiger partial charge in [-0.25, -0.2) is 15.0 Å². The Balaban J connectivity index is 1.59. The monoisotopic (exact) mass is 356 g/mol. The number of nitrogens with one attached hydrogen (secondary N) is 1. The van der Waals surface area contributed by atoms with Gasteiger partial charge in [0.05, 0.1) is 11.7 Å². The molecule has 2 aromatic heterocycles. The summed E-state index contributed by atoms with van der Waals surface area (Å²) in [7, 11) is 0. The van der Waals surface area contributed by atoms with Crippen molar-refractivity contribution in [3.63, 3.8) is 0 Å². The zero-order valence-corrected chi connectivity index (χ0v) is 14.9. The van der Waals surface area contributed by atoms with Crippen LogP contribution in [0, 0.1) is 0 Å². The summed E-state index contributed by atoms with van der Waals surface area (Å²) in [5.74, 6) is 1.33. The Morgan fingerprint density at radius 1 is 1.19 bits per heavy atom. The number of pyridine rings is 1. The molecule has 2 N–H and O–H groups in total. The number of nitrogens with zero attached hydrogens (tertiary/aromatic N) is 5. The molecular formula is C18H24N6O2. The van der Waals surface area contributed by atoms with E-state index in [1.165, 1.54) is 0 Å². The van der Waals surface area contributed by atoms with Crippen LogP contribution in [0.3, 0.4) is 0 Å². The molecule has 1 fully saturated rings. The minimum atomic E-state index is -0.452. The van der Waals surface area contributed by atoms with Crippen LogP contribution in [0.25, 0.3) is 0 Å². The highest BCUT2D eigenvalue weighted by Gasteiger charge is 2.21. The average Bonchev–Trinajstić information content (AvgIpc) is 2.93. The Morgan fingerprint density at radius 3 is 2.69 bits per heavy atom. The fraction of sp³-hybridized carbons (Fsp3) is 0.444. The standard InChI is InChI=1S/C18H24N6O2/c1-14(25)12-21-16-5-4-15(13-22-16)17(26)23-8-3-9-24(11-10-23)18-19-6-2-7-20-18/h2,4-7,13-14,25H,3,8-12H2,1H3,(H,21,22)/t14-/m1/s1. The lowest BCUT2D eigenvalue weighted by Gasteiger charge is -2.22. The van der Waals surface area contributed by atoms with E-state index in [2.05, 4.69) is 25.2 Å². The minimum absolute atomic E-state index is 0.0181. The Kier molecular flexibility index (Phi) is 5.96. The van der Waals surface area contributed by atoms with Gasteiger partial charge >= 0.3 is 0 Å². The van der Waals surface area contributed by atoms with Crippen molar-refractivity contribution in [2.75, 3.05) is 42.9 Å². The second-order valence-electron chi connectivity index (χ2n) is 6.34. The van der Waals surface area contributed by atoms with Crippen molar-refractivity contribution in [2.24, 2.45) is 0 Å². The number of rotatable bonds is 5. The number of carbonyl (C=O) groups excluding carboxylic acids is 1. The van der Waals surface area contributed by atoms with Gasteiger partial charge in [-0.1, -0.05) is 0 Å². The van der Waals surface area contributed by atoms with Gasteiger partial charge in [0, 0.05) is 51.3 Å². The van der Waals surface area contributed by atoms with Crippen LogP contribution in [-0.4, -0.2) is 69.7 Å². The summed E-state index contributed by atoms with van der Waals surface area (Å²) in [6, 6.07) is 5.32. The predicted octanol–water partition coefficient (Wildman–Crippen LogP) is 1.02. The van der Waals surface area contributed by atoms with E-state index in [1.807, 2.05) is 4.90 Å². The number of anilines is 2. The van der Waals surface area contributed by atoms with Gasteiger partial charge in [0.2, 0.25) is 5.95 Å². The molecule has 1 aliphatic heterocycles. The lowest BCUT2D eigenvalue weighted by Crippen LogP contribution is -2.35. The van der Waals surface area contributed by atoms with Crippen LogP contribution in [0.15, 0.2) is 36.8 Å². The summed E-state index contributed by atoms with van der Waals surface area (Å²) in [5.41, 5.74) is 0.567. The maximum absolute atomic E-state index is 12.7. The topological polar surface area (TPSA) is 94.5 Å². The van der Waals surface area contributed by atoms with E-state index < -0.39 is 6.10 Å². The molecule has 8 nitrogen and oxygen atoms in total. The summed E-state index contributed by atoms with van der Waals surface area (Å²) >= 11 is 0. The van der Waals surface area contributed by atoms with Crippen LogP contribution < -0.4 is 10.2 Å². The number of carbonyl (C=O) groups is 1. The second kappa shape index (κ2) is 8.57. The van der Waals surface area contributed by atoms with Gasteiger partial charge in [-0.15, -0.1) is 0 Å². The van der Waals surface area contributed by atoms with Crippen LogP contribution in [0.5, 0.6) is 0 Å². The highest BCUT2D eigenvalue weighted by atomic mass is 16.3. The molecule has 0 bridgehead atoms. The minimum Gasteiger partial charge on any atom is -0.392 e. The molecule has 0 unspecified atom stereocenters.